The third-order valence-corrected chi connectivity index (χ3v) is 3.74. The van der Waals surface area contributed by atoms with Crippen molar-refractivity contribution >= 4 is 11.8 Å². The molecule has 1 heterocycles. The van der Waals surface area contributed by atoms with E-state index in [1.807, 2.05) is 12.1 Å². The van der Waals surface area contributed by atoms with Crippen molar-refractivity contribution in [2.24, 2.45) is 5.84 Å². The highest BCUT2D eigenvalue weighted by molar-refractivity contribution is 7.99. The lowest BCUT2D eigenvalue weighted by molar-refractivity contribution is 0.383. The van der Waals surface area contributed by atoms with E-state index in [0.717, 1.165) is 11.3 Å². The predicted molar refractivity (Wildman–Crippen MR) is 80.6 cm³/mol. The molecule has 0 spiro atoms. The van der Waals surface area contributed by atoms with Crippen LogP contribution in [0.4, 0.5) is 0 Å². The standard InChI is InChI=1S/C14H18N4OS/c1-3-20-11-6-4-10(5-7-11)12(18-15)13-14(19-2)17-9-8-16-13/h4-9,12,18H,3,15H2,1-2H3. The summed E-state index contributed by atoms with van der Waals surface area (Å²) in [5.41, 5.74) is 4.47. The zero-order chi connectivity index (χ0) is 14.4. The maximum Gasteiger partial charge on any atom is 0.237 e. The lowest BCUT2D eigenvalue weighted by atomic mass is 10.0. The molecule has 2 aromatic rings. The fourth-order valence-corrected chi connectivity index (χ4v) is 2.61. The van der Waals surface area contributed by atoms with Crippen LogP contribution < -0.4 is 16.0 Å². The van der Waals surface area contributed by atoms with Gasteiger partial charge in [0.1, 0.15) is 5.69 Å². The van der Waals surface area contributed by atoms with Gasteiger partial charge in [0.2, 0.25) is 5.88 Å². The van der Waals surface area contributed by atoms with Crippen LogP contribution in [0.2, 0.25) is 0 Å². The van der Waals surface area contributed by atoms with Crippen LogP contribution in [0.3, 0.4) is 0 Å². The summed E-state index contributed by atoms with van der Waals surface area (Å²) >= 11 is 1.80. The average Bonchev–Trinajstić information content (AvgIpc) is 2.50. The Morgan fingerprint density at radius 2 is 1.95 bits per heavy atom. The molecule has 0 aliphatic carbocycles. The zero-order valence-electron chi connectivity index (χ0n) is 11.5. The number of ether oxygens (including phenoxy) is 1. The highest BCUT2D eigenvalue weighted by atomic mass is 32.2. The first-order valence-electron chi connectivity index (χ1n) is 6.34. The van der Waals surface area contributed by atoms with Gasteiger partial charge in [0.25, 0.3) is 0 Å². The molecule has 0 saturated heterocycles. The molecule has 0 fully saturated rings. The Morgan fingerprint density at radius 3 is 2.55 bits per heavy atom. The van der Waals surface area contributed by atoms with Crippen molar-refractivity contribution in [3.8, 4) is 5.88 Å². The summed E-state index contributed by atoms with van der Waals surface area (Å²) in [4.78, 5) is 9.71. The van der Waals surface area contributed by atoms with Crippen molar-refractivity contribution in [2.45, 2.75) is 17.9 Å². The Bertz CT molecular complexity index is 547. The summed E-state index contributed by atoms with van der Waals surface area (Å²) in [6, 6.07) is 7.99. The van der Waals surface area contributed by atoms with Gasteiger partial charge in [0.15, 0.2) is 0 Å². The summed E-state index contributed by atoms with van der Waals surface area (Å²) < 4.78 is 5.24. The van der Waals surface area contributed by atoms with Crippen molar-refractivity contribution in [3.63, 3.8) is 0 Å². The summed E-state index contributed by atoms with van der Waals surface area (Å²) in [5, 5.41) is 0. The van der Waals surface area contributed by atoms with Crippen LogP contribution in [0.5, 0.6) is 5.88 Å². The molecule has 106 valence electrons. The first-order valence-corrected chi connectivity index (χ1v) is 7.32. The second-order valence-electron chi connectivity index (χ2n) is 4.05. The Labute approximate surface area is 122 Å². The Hall–Kier alpha value is -1.63. The number of hydrogen-bond donors (Lipinski definition) is 2. The number of thioether (sulfide) groups is 1. The van der Waals surface area contributed by atoms with Crippen molar-refractivity contribution in [1.82, 2.24) is 15.4 Å². The number of aromatic nitrogens is 2. The molecular formula is C14H18N4OS. The molecule has 0 bridgehead atoms. The molecule has 0 aliphatic heterocycles. The van der Waals surface area contributed by atoms with Gasteiger partial charge in [-0.25, -0.2) is 10.4 Å². The minimum atomic E-state index is -0.251. The fraction of sp³-hybridized carbons (Fsp3) is 0.286. The number of methoxy groups -OCH3 is 1. The number of benzene rings is 1. The van der Waals surface area contributed by atoms with E-state index in [0.29, 0.717) is 11.6 Å². The Morgan fingerprint density at radius 1 is 1.25 bits per heavy atom. The second kappa shape index (κ2) is 7.23. The summed E-state index contributed by atoms with van der Waals surface area (Å²) in [7, 11) is 1.57. The second-order valence-corrected chi connectivity index (χ2v) is 5.39. The molecule has 5 nitrogen and oxygen atoms in total. The molecule has 1 unspecified atom stereocenters. The maximum atomic E-state index is 5.68. The number of hydrogen-bond acceptors (Lipinski definition) is 6. The largest absolute Gasteiger partial charge is 0.480 e. The minimum Gasteiger partial charge on any atom is -0.480 e. The van der Waals surface area contributed by atoms with E-state index in [-0.39, 0.29) is 6.04 Å². The van der Waals surface area contributed by atoms with Gasteiger partial charge in [-0.15, -0.1) is 11.8 Å². The minimum absolute atomic E-state index is 0.251. The smallest absolute Gasteiger partial charge is 0.237 e. The topological polar surface area (TPSA) is 73.1 Å². The number of hydrazine groups is 1. The predicted octanol–water partition coefficient (Wildman–Crippen LogP) is 2.15. The molecule has 1 atom stereocenters. The molecule has 1 aromatic carbocycles. The van der Waals surface area contributed by atoms with E-state index in [4.69, 9.17) is 10.6 Å². The lowest BCUT2D eigenvalue weighted by Gasteiger charge is -2.17. The van der Waals surface area contributed by atoms with Crippen LogP contribution in [0.15, 0.2) is 41.6 Å². The van der Waals surface area contributed by atoms with E-state index in [1.54, 1.807) is 31.3 Å². The van der Waals surface area contributed by atoms with Gasteiger partial charge in [-0.3, -0.25) is 10.8 Å². The number of rotatable bonds is 6. The van der Waals surface area contributed by atoms with Crippen molar-refractivity contribution < 1.29 is 4.74 Å². The Kier molecular flexibility index (Phi) is 5.34. The number of nitrogens with two attached hydrogens (primary N) is 1. The first-order chi connectivity index (χ1) is 9.80. The summed E-state index contributed by atoms with van der Waals surface area (Å²) in [5.74, 6) is 7.20. The molecule has 3 N–H and O–H groups in total. The van der Waals surface area contributed by atoms with Gasteiger partial charge >= 0.3 is 0 Å². The van der Waals surface area contributed by atoms with Crippen LogP contribution in [0.1, 0.15) is 24.2 Å². The van der Waals surface area contributed by atoms with E-state index in [2.05, 4.69) is 34.5 Å². The third-order valence-electron chi connectivity index (χ3n) is 2.85. The molecule has 0 amide bonds. The van der Waals surface area contributed by atoms with Crippen molar-refractivity contribution in [1.29, 1.82) is 0 Å². The van der Waals surface area contributed by atoms with Gasteiger partial charge in [-0.1, -0.05) is 19.1 Å². The molecule has 0 radical (unpaired) electrons. The lowest BCUT2D eigenvalue weighted by Crippen LogP contribution is -2.30. The third kappa shape index (κ3) is 3.27. The van der Waals surface area contributed by atoms with E-state index in [9.17, 15) is 0 Å². The average molecular weight is 290 g/mol. The van der Waals surface area contributed by atoms with Gasteiger partial charge in [-0.05, 0) is 23.4 Å². The number of nitrogens with one attached hydrogen (secondary N) is 1. The van der Waals surface area contributed by atoms with Gasteiger partial charge in [0.05, 0.1) is 13.2 Å². The summed E-state index contributed by atoms with van der Waals surface area (Å²) in [6.07, 6.45) is 3.22. The van der Waals surface area contributed by atoms with E-state index < -0.39 is 0 Å². The fourth-order valence-electron chi connectivity index (χ4n) is 1.95. The first kappa shape index (κ1) is 14.8. The van der Waals surface area contributed by atoms with Gasteiger partial charge < -0.3 is 4.74 Å². The highest BCUT2D eigenvalue weighted by Crippen LogP contribution is 2.27. The van der Waals surface area contributed by atoms with Crippen molar-refractivity contribution in [3.05, 3.63) is 47.9 Å². The zero-order valence-corrected chi connectivity index (χ0v) is 12.4. The van der Waals surface area contributed by atoms with Crippen LogP contribution in [0.25, 0.3) is 0 Å². The van der Waals surface area contributed by atoms with E-state index >= 15 is 0 Å². The molecule has 6 heteroatoms. The highest BCUT2D eigenvalue weighted by Gasteiger charge is 2.19. The normalized spacial score (nSPS) is 12.2. The summed E-state index contributed by atoms with van der Waals surface area (Å²) in [6.45, 7) is 2.13. The van der Waals surface area contributed by atoms with Crippen molar-refractivity contribution in [2.75, 3.05) is 12.9 Å². The van der Waals surface area contributed by atoms with Crippen LogP contribution in [0, 0.1) is 0 Å². The molecule has 20 heavy (non-hydrogen) atoms. The monoisotopic (exact) mass is 290 g/mol. The molecular weight excluding hydrogens is 272 g/mol. The van der Waals surface area contributed by atoms with Gasteiger partial charge in [0, 0.05) is 17.3 Å². The maximum absolute atomic E-state index is 5.68. The SMILES string of the molecule is CCSc1ccc(C(NN)c2nccnc2OC)cc1. The molecule has 1 aromatic heterocycles. The molecule has 0 saturated carbocycles. The quantitative estimate of drug-likeness (QED) is 0.482. The van der Waals surface area contributed by atoms with Gasteiger partial charge in [-0.2, -0.15) is 0 Å². The Balaban J connectivity index is 2.31. The van der Waals surface area contributed by atoms with Crippen LogP contribution in [-0.2, 0) is 0 Å². The molecule has 0 aliphatic rings. The van der Waals surface area contributed by atoms with Crippen LogP contribution >= 0.6 is 11.8 Å². The van der Waals surface area contributed by atoms with Crippen LogP contribution in [-0.4, -0.2) is 22.8 Å². The van der Waals surface area contributed by atoms with E-state index in [1.165, 1.54) is 4.90 Å². The number of nitrogens with zero attached hydrogens (tertiary/aromatic N) is 2. The molecule has 2 rings (SSSR count).